The van der Waals surface area contributed by atoms with E-state index in [9.17, 15) is 14.4 Å². The topological polar surface area (TPSA) is 151 Å². The van der Waals surface area contributed by atoms with E-state index in [1.54, 1.807) is 12.2 Å². The molecule has 0 bridgehead atoms. The SMILES string of the molecule is C=CCOCOCC=C.O=C(O)CC(O)(CC(=O)O)C(=O)O. The Balaban J connectivity index is 0. The standard InChI is InChI=1S/C7H12O2.C6H8O7/c1-3-5-8-7-9-6-4-2;7-3(8)1-6(13,5(11)12)2-4(9)10/h3-4H,1-2,5-7H2;13H,1-2H2,(H,7,8)(H,9,10)(H,11,12). The Kier molecular flexibility index (Phi) is 12.5. The van der Waals surface area contributed by atoms with Crippen molar-refractivity contribution < 1.29 is 44.3 Å². The Morgan fingerprint density at radius 3 is 1.50 bits per heavy atom. The summed E-state index contributed by atoms with van der Waals surface area (Å²) in [6.07, 6.45) is 1.07. The Labute approximate surface area is 127 Å². The molecule has 126 valence electrons. The zero-order valence-corrected chi connectivity index (χ0v) is 11.9. The van der Waals surface area contributed by atoms with Crippen molar-refractivity contribution in [2.45, 2.75) is 18.4 Å². The minimum Gasteiger partial charge on any atom is -0.481 e. The highest BCUT2D eigenvalue weighted by molar-refractivity contribution is 5.88. The maximum atomic E-state index is 10.3. The molecule has 0 unspecified atom stereocenters. The first kappa shape index (κ1) is 22.1. The van der Waals surface area contributed by atoms with Gasteiger partial charge in [0.25, 0.3) is 0 Å². The fourth-order valence-electron chi connectivity index (χ4n) is 1.04. The van der Waals surface area contributed by atoms with Gasteiger partial charge in [0.05, 0.1) is 26.1 Å². The second-order valence-electron chi connectivity index (χ2n) is 3.91. The minimum atomic E-state index is -2.74. The highest BCUT2D eigenvalue weighted by Crippen LogP contribution is 2.15. The third-order valence-corrected chi connectivity index (χ3v) is 1.92. The fraction of sp³-hybridized carbons (Fsp3) is 0.462. The number of hydrogen-bond acceptors (Lipinski definition) is 6. The van der Waals surface area contributed by atoms with Crippen molar-refractivity contribution in [2.75, 3.05) is 20.0 Å². The second kappa shape index (κ2) is 12.5. The van der Waals surface area contributed by atoms with Gasteiger partial charge in [0.1, 0.15) is 6.79 Å². The van der Waals surface area contributed by atoms with Gasteiger partial charge in [-0.15, -0.1) is 13.2 Å². The highest BCUT2D eigenvalue weighted by Gasteiger charge is 2.40. The molecular weight excluding hydrogens is 300 g/mol. The first-order valence-corrected chi connectivity index (χ1v) is 5.96. The summed E-state index contributed by atoms with van der Waals surface area (Å²) in [7, 11) is 0. The van der Waals surface area contributed by atoms with E-state index in [-0.39, 0.29) is 0 Å². The van der Waals surface area contributed by atoms with Crippen molar-refractivity contribution in [2.24, 2.45) is 0 Å². The van der Waals surface area contributed by atoms with Crippen LogP contribution in [0.5, 0.6) is 0 Å². The molecule has 0 saturated heterocycles. The van der Waals surface area contributed by atoms with E-state index < -0.39 is 36.4 Å². The lowest BCUT2D eigenvalue weighted by Crippen LogP contribution is -2.42. The average Bonchev–Trinajstić information content (AvgIpc) is 2.37. The molecule has 9 heteroatoms. The van der Waals surface area contributed by atoms with Crippen LogP contribution in [0.25, 0.3) is 0 Å². The number of carbonyl (C=O) groups is 3. The number of rotatable bonds is 11. The second-order valence-corrected chi connectivity index (χ2v) is 3.91. The quantitative estimate of drug-likeness (QED) is 0.236. The van der Waals surface area contributed by atoms with Gasteiger partial charge in [-0.25, -0.2) is 4.79 Å². The van der Waals surface area contributed by atoms with Crippen LogP contribution >= 0.6 is 0 Å². The van der Waals surface area contributed by atoms with Gasteiger partial charge in [0, 0.05) is 0 Å². The summed E-state index contributed by atoms with van der Waals surface area (Å²) >= 11 is 0. The van der Waals surface area contributed by atoms with Gasteiger partial charge < -0.3 is 29.9 Å². The van der Waals surface area contributed by atoms with Crippen LogP contribution in [0.3, 0.4) is 0 Å². The van der Waals surface area contributed by atoms with E-state index in [1.807, 2.05) is 0 Å². The van der Waals surface area contributed by atoms with Crippen molar-refractivity contribution >= 4 is 17.9 Å². The largest absolute Gasteiger partial charge is 0.481 e. The molecule has 0 aromatic rings. The van der Waals surface area contributed by atoms with Gasteiger partial charge in [-0.3, -0.25) is 9.59 Å². The molecule has 0 radical (unpaired) electrons. The molecule has 0 aliphatic heterocycles. The molecule has 0 spiro atoms. The van der Waals surface area contributed by atoms with Crippen LogP contribution in [0.15, 0.2) is 25.3 Å². The summed E-state index contributed by atoms with van der Waals surface area (Å²) in [6, 6.07) is 0. The zero-order valence-electron chi connectivity index (χ0n) is 11.9. The van der Waals surface area contributed by atoms with E-state index in [4.69, 9.17) is 29.9 Å². The molecule has 0 aromatic carbocycles. The first-order chi connectivity index (χ1) is 10.2. The molecule has 0 heterocycles. The molecule has 0 amide bonds. The first-order valence-electron chi connectivity index (χ1n) is 5.96. The van der Waals surface area contributed by atoms with Crippen molar-refractivity contribution in [3.63, 3.8) is 0 Å². The number of aliphatic carboxylic acids is 3. The number of carboxylic acids is 3. The van der Waals surface area contributed by atoms with E-state index >= 15 is 0 Å². The Morgan fingerprint density at radius 1 is 0.909 bits per heavy atom. The molecule has 9 nitrogen and oxygen atoms in total. The Hall–Kier alpha value is -2.23. The predicted molar refractivity (Wildman–Crippen MR) is 74.3 cm³/mol. The molecule has 0 aromatic heterocycles. The van der Waals surface area contributed by atoms with Crippen LogP contribution in [0, 0.1) is 0 Å². The molecular formula is C13H20O9. The summed E-state index contributed by atoms with van der Waals surface area (Å²) in [4.78, 5) is 30.5. The third kappa shape index (κ3) is 12.8. The normalized spacial score (nSPS) is 10.0. The van der Waals surface area contributed by atoms with E-state index in [1.165, 1.54) is 0 Å². The maximum absolute atomic E-state index is 10.3. The van der Waals surface area contributed by atoms with Gasteiger partial charge >= 0.3 is 17.9 Å². The average molecular weight is 320 g/mol. The van der Waals surface area contributed by atoms with Crippen LogP contribution in [0.4, 0.5) is 0 Å². The van der Waals surface area contributed by atoms with Gasteiger partial charge in [-0.2, -0.15) is 0 Å². The predicted octanol–water partition coefficient (Wildman–Crippen LogP) is 0.101. The molecule has 22 heavy (non-hydrogen) atoms. The molecule has 0 aliphatic carbocycles. The number of hydrogen-bond donors (Lipinski definition) is 4. The Morgan fingerprint density at radius 2 is 1.27 bits per heavy atom. The fourth-order valence-corrected chi connectivity index (χ4v) is 1.04. The van der Waals surface area contributed by atoms with E-state index in [0.717, 1.165) is 0 Å². The molecule has 4 N–H and O–H groups in total. The smallest absolute Gasteiger partial charge is 0.336 e. The molecule has 0 aliphatic rings. The maximum Gasteiger partial charge on any atom is 0.336 e. The van der Waals surface area contributed by atoms with Crippen LogP contribution in [0.1, 0.15) is 12.8 Å². The molecule has 0 atom stereocenters. The van der Waals surface area contributed by atoms with Gasteiger partial charge in [-0.05, 0) is 0 Å². The zero-order chi connectivity index (χ0) is 17.6. The van der Waals surface area contributed by atoms with E-state index in [0.29, 0.717) is 20.0 Å². The van der Waals surface area contributed by atoms with Gasteiger partial charge in [-0.1, -0.05) is 12.2 Å². The van der Waals surface area contributed by atoms with Crippen molar-refractivity contribution in [1.29, 1.82) is 0 Å². The van der Waals surface area contributed by atoms with Crippen molar-refractivity contribution in [1.82, 2.24) is 0 Å². The highest BCUT2D eigenvalue weighted by atomic mass is 16.7. The van der Waals surface area contributed by atoms with Crippen LogP contribution in [-0.2, 0) is 23.9 Å². The summed E-state index contributed by atoms with van der Waals surface area (Å²) < 4.78 is 9.79. The van der Waals surface area contributed by atoms with Gasteiger partial charge in [0.2, 0.25) is 0 Å². The van der Waals surface area contributed by atoms with Crippen LogP contribution in [-0.4, -0.2) is 63.9 Å². The number of ether oxygens (including phenoxy) is 2. The summed E-state index contributed by atoms with van der Waals surface area (Å²) in [5.74, 6) is -5.02. The van der Waals surface area contributed by atoms with Crippen molar-refractivity contribution in [3.05, 3.63) is 25.3 Å². The molecule has 0 saturated carbocycles. The van der Waals surface area contributed by atoms with E-state index in [2.05, 4.69) is 13.2 Å². The number of carboxylic acid groups (broad SMARTS) is 3. The monoisotopic (exact) mass is 320 g/mol. The lowest BCUT2D eigenvalue weighted by Gasteiger charge is -2.18. The lowest BCUT2D eigenvalue weighted by atomic mass is 9.96. The summed E-state index contributed by atoms with van der Waals surface area (Å²) in [6.45, 7) is 8.35. The lowest BCUT2D eigenvalue weighted by molar-refractivity contribution is -0.170. The molecule has 0 fully saturated rings. The van der Waals surface area contributed by atoms with Crippen molar-refractivity contribution in [3.8, 4) is 0 Å². The number of aliphatic hydroxyl groups is 1. The van der Waals surface area contributed by atoms with Crippen LogP contribution < -0.4 is 0 Å². The van der Waals surface area contributed by atoms with Gasteiger partial charge in [0.15, 0.2) is 5.60 Å². The molecule has 0 rings (SSSR count). The Bertz CT molecular complexity index is 363. The summed E-state index contributed by atoms with van der Waals surface area (Å²) in [5.41, 5.74) is -2.74. The minimum absolute atomic E-state index is 0.317. The third-order valence-electron chi connectivity index (χ3n) is 1.92. The van der Waals surface area contributed by atoms with Crippen LogP contribution in [0.2, 0.25) is 0 Å². The summed E-state index contributed by atoms with van der Waals surface area (Å²) in [5, 5.41) is 33.8.